The van der Waals surface area contributed by atoms with Crippen molar-refractivity contribution in [3.05, 3.63) is 47.0 Å². The molecule has 0 radical (unpaired) electrons. The van der Waals surface area contributed by atoms with Crippen LogP contribution in [0, 0.1) is 6.92 Å². The minimum atomic E-state index is -0.437. The molecule has 0 amide bonds. The second-order valence-corrected chi connectivity index (χ2v) is 8.99. The molecule has 0 spiro atoms. The molecule has 0 saturated carbocycles. The predicted molar refractivity (Wildman–Crippen MR) is 138 cm³/mol. The first-order valence-electron chi connectivity index (χ1n) is 12.8. The number of hydrogen-bond acceptors (Lipinski definition) is 5. The van der Waals surface area contributed by atoms with Crippen molar-refractivity contribution in [3.63, 3.8) is 0 Å². The third-order valence-corrected chi connectivity index (χ3v) is 5.51. The van der Waals surface area contributed by atoms with Crippen LogP contribution in [0.5, 0.6) is 23.0 Å². The van der Waals surface area contributed by atoms with Crippen LogP contribution in [-0.4, -0.2) is 25.8 Å². The number of aryl methyl sites for hydroxylation is 1. The first-order valence-corrected chi connectivity index (χ1v) is 12.8. The Hall–Kier alpha value is -2.69. The summed E-state index contributed by atoms with van der Waals surface area (Å²) >= 11 is 0. The summed E-state index contributed by atoms with van der Waals surface area (Å²) < 4.78 is 24.1. The Morgan fingerprint density at radius 2 is 1.29 bits per heavy atom. The van der Waals surface area contributed by atoms with E-state index in [1.165, 1.54) is 0 Å². The van der Waals surface area contributed by atoms with E-state index in [1.807, 2.05) is 25.1 Å². The molecule has 0 heterocycles. The lowest BCUT2D eigenvalue weighted by molar-refractivity contribution is 0.0731. The highest BCUT2D eigenvalue weighted by molar-refractivity contribution is 5.93. The fourth-order valence-corrected chi connectivity index (χ4v) is 3.39. The number of carbonyl (C=O) groups is 1. The molecule has 0 aromatic heterocycles. The van der Waals surface area contributed by atoms with Crippen molar-refractivity contribution in [1.29, 1.82) is 0 Å². The second kappa shape index (κ2) is 14.5. The molecule has 0 saturated heterocycles. The summed E-state index contributed by atoms with van der Waals surface area (Å²) in [6, 6.07) is 9.40. The molecule has 5 nitrogen and oxygen atoms in total. The van der Waals surface area contributed by atoms with Gasteiger partial charge >= 0.3 is 5.97 Å². The monoisotopic (exact) mass is 470 g/mol. The quantitative estimate of drug-likeness (QED) is 0.151. The van der Waals surface area contributed by atoms with E-state index in [4.69, 9.17) is 18.9 Å². The molecule has 0 fully saturated rings. The molecule has 2 aromatic carbocycles. The van der Waals surface area contributed by atoms with Crippen molar-refractivity contribution >= 4 is 5.97 Å². The standard InChI is InChI=1S/C29H42O5/c1-7-10-15-31-26-19-23(20-27(32-16-11-8-2)28(26)33-17-12-9-3)29(30)34-25-18-22(6)13-14-24(25)21(4)5/h13-14,18-21H,7-12,15-17H2,1-6H3. The Kier molecular flexibility index (Phi) is 11.8. The van der Waals surface area contributed by atoms with Crippen molar-refractivity contribution in [2.45, 2.75) is 86.0 Å². The number of rotatable bonds is 15. The van der Waals surface area contributed by atoms with Crippen LogP contribution in [0.1, 0.15) is 101 Å². The maximum atomic E-state index is 13.3. The number of unbranched alkanes of at least 4 members (excludes halogenated alkanes) is 3. The summed E-state index contributed by atoms with van der Waals surface area (Å²) in [4.78, 5) is 13.3. The van der Waals surface area contributed by atoms with Crippen LogP contribution in [0.15, 0.2) is 30.3 Å². The number of carbonyl (C=O) groups excluding carboxylic acids is 1. The minimum absolute atomic E-state index is 0.235. The maximum Gasteiger partial charge on any atom is 0.343 e. The van der Waals surface area contributed by atoms with Gasteiger partial charge in [-0.3, -0.25) is 0 Å². The van der Waals surface area contributed by atoms with Crippen molar-refractivity contribution in [1.82, 2.24) is 0 Å². The van der Waals surface area contributed by atoms with Crippen molar-refractivity contribution < 1.29 is 23.7 Å². The summed E-state index contributed by atoms with van der Waals surface area (Å²) in [5, 5.41) is 0. The molecular formula is C29H42O5. The van der Waals surface area contributed by atoms with E-state index in [1.54, 1.807) is 12.1 Å². The zero-order chi connectivity index (χ0) is 24.9. The van der Waals surface area contributed by atoms with Gasteiger partial charge in [0.25, 0.3) is 0 Å². The van der Waals surface area contributed by atoms with E-state index in [-0.39, 0.29) is 5.92 Å². The fraction of sp³-hybridized carbons (Fsp3) is 0.552. The third kappa shape index (κ3) is 8.27. The van der Waals surface area contributed by atoms with Gasteiger partial charge in [0.15, 0.2) is 11.5 Å². The van der Waals surface area contributed by atoms with E-state index in [2.05, 4.69) is 34.6 Å². The van der Waals surface area contributed by atoms with Gasteiger partial charge in [0.2, 0.25) is 5.75 Å². The summed E-state index contributed by atoms with van der Waals surface area (Å²) in [6.07, 6.45) is 5.80. The maximum absolute atomic E-state index is 13.3. The van der Waals surface area contributed by atoms with Crippen LogP contribution in [0.4, 0.5) is 0 Å². The number of benzene rings is 2. The summed E-state index contributed by atoms with van der Waals surface area (Å²) in [5.41, 5.74) is 2.42. The summed E-state index contributed by atoms with van der Waals surface area (Å²) in [6.45, 7) is 14.2. The van der Waals surface area contributed by atoms with E-state index < -0.39 is 5.97 Å². The lowest BCUT2D eigenvalue weighted by Crippen LogP contribution is -2.13. The Morgan fingerprint density at radius 1 is 0.765 bits per heavy atom. The van der Waals surface area contributed by atoms with Gasteiger partial charge < -0.3 is 18.9 Å². The second-order valence-electron chi connectivity index (χ2n) is 8.99. The zero-order valence-corrected chi connectivity index (χ0v) is 21.9. The average molecular weight is 471 g/mol. The highest BCUT2D eigenvalue weighted by Crippen LogP contribution is 2.40. The van der Waals surface area contributed by atoms with Crippen molar-refractivity contribution in [2.24, 2.45) is 0 Å². The molecule has 0 unspecified atom stereocenters. The van der Waals surface area contributed by atoms with Crippen LogP contribution >= 0.6 is 0 Å². The van der Waals surface area contributed by atoms with Gasteiger partial charge in [-0.05, 0) is 61.4 Å². The van der Waals surface area contributed by atoms with E-state index in [0.29, 0.717) is 48.4 Å². The SMILES string of the molecule is CCCCOc1cc(C(=O)Oc2cc(C)ccc2C(C)C)cc(OCCCC)c1OCCCC. The van der Waals surface area contributed by atoms with Crippen LogP contribution in [0.25, 0.3) is 0 Å². The molecule has 5 heteroatoms. The topological polar surface area (TPSA) is 54.0 Å². The lowest BCUT2D eigenvalue weighted by Gasteiger charge is -2.19. The van der Waals surface area contributed by atoms with Gasteiger partial charge in [0, 0.05) is 0 Å². The van der Waals surface area contributed by atoms with E-state index >= 15 is 0 Å². The van der Waals surface area contributed by atoms with Crippen LogP contribution in [0.3, 0.4) is 0 Å². The normalized spacial score (nSPS) is 10.9. The molecule has 0 N–H and O–H groups in total. The minimum Gasteiger partial charge on any atom is -0.490 e. The van der Waals surface area contributed by atoms with Crippen LogP contribution in [0.2, 0.25) is 0 Å². The predicted octanol–water partition coefficient (Wildman–Crippen LogP) is 7.87. The Morgan fingerprint density at radius 3 is 1.79 bits per heavy atom. The average Bonchev–Trinajstić information content (AvgIpc) is 2.80. The fourth-order valence-electron chi connectivity index (χ4n) is 3.39. The largest absolute Gasteiger partial charge is 0.490 e. The molecule has 188 valence electrons. The smallest absolute Gasteiger partial charge is 0.343 e. The molecular weight excluding hydrogens is 428 g/mol. The lowest BCUT2D eigenvalue weighted by atomic mass is 10.0. The van der Waals surface area contributed by atoms with Gasteiger partial charge in [-0.15, -0.1) is 0 Å². The highest BCUT2D eigenvalue weighted by atomic mass is 16.5. The molecule has 0 aliphatic rings. The number of esters is 1. The van der Waals surface area contributed by atoms with E-state index in [0.717, 1.165) is 49.7 Å². The van der Waals surface area contributed by atoms with Gasteiger partial charge in [-0.2, -0.15) is 0 Å². The number of ether oxygens (including phenoxy) is 4. The van der Waals surface area contributed by atoms with Gasteiger partial charge in [-0.25, -0.2) is 4.79 Å². The van der Waals surface area contributed by atoms with Gasteiger partial charge in [0.1, 0.15) is 5.75 Å². The Bertz CT molecular complexity index is 872. The molecule has 2 aromatic rings. The van der Waals surface area contributed by atoms with Crippen molar-refractivity contribution in [3.8, 4) is 23.0 Å². The first kappa shape index (κ1) is 27.6. The van der Waals surface area contributed by atoms with Gasteiger partial charge in [-0.1, -0.05) is 66.0 Å². The summed E-state index contributed by atoms with van der Waals surface area (Å²) in [5.74, 6) is 2.00. The molecule has 0 bridgehead atoms. The zero-order valence-electron chi connectivity index (χ0n) is 21.9. The van der Waals surface area contributed by atoms with Crippen molar-refractivity contribution in [2.75, 3.05) is 19.8 Å². The first-order chi connectivity index (χ1) is 16.4. The van der Waals surface area contributed by atoms with Crippen LogP contribution < -0.4 is 18.9 Å². The summed E-state index contributed by atoms with van der Waals surface area (Å²) in [7, 11) is 0. The molecule has 34 heavy (non-hydrogen) atoms. The molecule has 0 atom stereocenters. The molecule has 0 aliphatic heterocycles. The molecule has 2 rings (SSSR count). The molecule has 0 aliphatic carbocycles. The number of hydrogen-bond donors (Lipinski definition) is 0. The van der Waals surface area contributed by atoms with Crippen LogP contribution in [-0.2, 0) is 0 Å². The third-order valence-electron chi connectivity index (χ3n) is 5.51. The Labute approximate surface area is 205 Å². The highest BCUT2D eigenvalue weighted by Gasteiger charge is 2.21. The van der Waals surface area contributed by atoms with E-state index in [9.17, 15) is 4.79 Å². The van der Waals surface area contributed by atoms with Gasteiger partial charge in [0.05, 0.1) is 25.4 Å². The Balaban J connectivity index is 2.43.